The van der Waals surface area contributed by atoms with Crippen LogP contribution < -0.4 is 15.4 Å². The maximum absolute atomic E-state index is 13.6. The Morgan fingerprint density at radius 2 is 1.78 bits per heavy atom. The van der Waals surface area contributed by atoms with E-state index in [1.807, 2.05) is 0 Å². The van der Waals surface area contributed by atoms with Crippen LogP contribution >= 0.6 is 0 Å². The molecule has 2 N–H and O–H groups in total. The van der Waals surface area contributed by atoms with Crippen LogP contribution in [0.15, 0.2) is 53.4 Å². The SMILES string of the molecule is COc1ccc(C[C@H](NC(=O)C2CCCCN2S(=O)(=O)c2cccc(C(F)(F)F)c2)C(=O)NC2CCOCC2)cc1. The van der Waals surface area contributed by atoms with Crippen LogP contribution in [0.3, 0.4) is 0 Å². The van der Waals surface area contributed by atoms with Gasteiger partial charge in [0, 0.05) is 32.2 Å². The molecule has 2 aromatic carbocycles. The average molecular weight is 598 g/mol. The minimum absolute atomic E-state index is 0.0336. The highest BCUT2D eigenvalue weighted by Gasteiger charge is 2.40. The molecule has 2 heterocycles. The number of methoxy groups -OCH3 is 1. The fraction of sp³-hybridized carbons (Fsp3) is 0.500. The van der Waals surface area contributed by atoms with Crippen LogP contribution in [0, 0.1) is 0 Å². The van der Waals surface area contributed by atoms with E-state index in [9.17, 15) is 31.2 Å². The van der Waals surface area contributed by atoms with Crippen molar-refractivity contribution in [2.24, 2.45) is 0 Å². The predicted molar refractivity (Wildman–Crippen MR) is 144 cm³/mol. The molecule has 2 aliphatic rings. The van der Waals surface area contributed by atoms with Crippen LogP contribution in [0.4, 0.5) is 13.2 Å². The van der Waals surface area contributed by atoms with Gasteiger partial charge in [-0.15, -0.1) is 0 Å². The van der Waals surface area contributed by atoms with Gasteiger partial charge in [-0.05, 0) is 61.6 Å². The molecule has 2 amide bonds. The fourth-order valence-corrected chi connectivity index (χ4v) is 6.74. The van der Waals surface area contributed by atoms with Crippen molar-refractivity contribution in [3.05, 3.63) is 59.7 Å². The summed E-state index contributed by atoms with van der Waals surface area (Å²) < 4.78 is 78.3. The van der Waals surface area contributed by atoms with E-state index in [1.165, 1.54) is 7.11 Å². The first-order valence-corrected chi connectivity index (χ1v) is 14.9. The van der Waals surface area contributed by atoms with Crippen LogP contribution in [0.5, 0.6) is 5.75 Å². The van der Waals surface area contributed by atoms with Gasteiger partial charge in [0.25, 0.3) is 0 Å². The van der Waals surface area contributed by atoms with E-state index in [0.717, 1.165) is 28.1 Å². The first-order valence-electron chi connectivity index (χ1n) is 13.5. The minimum Gasteiger partial charge on any atom is -0.497 e. The number of nitrogens with one attached hydrogen (secondary N) is 2. The summed E-state index contributed by atoms with van der Waals surface area (Å²) in [5.41, 5.74) is -0.351. The van der Waals surface area contributed by atoms with E-state index < -0.39 is 50.6 Å². The van der Waals surface area contributed by atoms with Gasteiger partial charge >= 0.3 is 6.18 Å². The molecular formula is C28H34F3N3O6S. The van der Waals surface area contributed by atoms with E-state index in [1.54, 1.807) is 24.3 Å². The quantitative estimate of drug-likeness (QED) is 0.459. The highest BCUT2D eigenvalue weighted by atomic mass is 32.2. The maximum atomic E-state index is 13.6. The van der Waals surface area contributed by atoms with Crippen LogP contribution in [0.2, 0.25) is 0 Å². The molecule has 41 heavy (non-hydrogen) atoms. The number of amides is 2. The molecule has 0 bridgehead atoms. The van der Waals surface area contributed by atoms with E-state index in [-0.39, 0.29) is 25.4 Å². The Morgan fingerprint density at radius 3 is 2.44 bits per heavy atom. The van der Waals surface area contributed by atoms with Crippen molar-refractivity contribution in [1.29, 1.82) is 0 Å². The van der Waals surface area contributed by atoms with Gasteiger partial charge in [-0.2, -0.15) is 17.5 Å². The number of benzene rings is 2. The lowest BCUT2D eigenvalue weighted by molar-refractivity contribution is -0.137. The number of hydrogen-bond donors (Lipinski definition) is 2. The molecule has 0 spiro atoms. The first-order chi connectivity index (χ1) is 19.5. The normalized spacial score (nSPS) is 19.8. The van der Waals surface area contributed by atoms with Crippen molar-refractivity contribution in [3.63, 3.8) is 0 Å². The van der Waals surface area contributed by atoms with E-state index in [0.29, 0.717) is 50.7 Å². The molecular weight excluding hydrogens is 563 g/mol. The van der Waals surface area contributed by atoms with Crippen molar-refractivity contribution in [3.8, 4) is 5.75 Å². The summed E-state index contributed by atoms with van der Waals surface area (Å²) in [6, 6.07) is 8.16. The zero-order valence-electron chi connectivity index (χ0n) is 22.7. The largest absolute Gasteiger partial charge is 0.497 e. The number of carbonyl (C=O) groups excluding carboxylic acids is 2. The van der Waals surface area contributed by atoms with Gasteiger partial charge in [0.05, 0.1) is 17.6 Å². The van der Waals surface area contributed by atoms with Gasteiger partial charge in [0.1, 0.15) is 17.8 Å². The first kappa shape index (κ1) is 30.8. The summed E-state index contributed by atoms with van der Waals surface area (Å²) in [5, 5.41) is 5.70. The number of nitrogens with zero attached hydrogens (tertiary/aromatic N) is 1. The van der Waals surface area contributed by atoms with Crippen molar-refractivity contribution in [1.82, 2.24) is 14.9 Å². The lowest BCUT2D eigenvalue weighted by Gasteiger charge is -2.35. The number of piperidine rings is 1. The lowest BCUT2D eigenvalue weighted by atomic mass is 10.0. The van der Waals surface area contributed by atoms with E-state index in [2.05, 4.69) is 10.6 Å². The number of alkyl halides is 3. The monoisotopic (exact) mass is 597 g/mol. The molecule has 2 saturated heterocycles. The van der Waals surface area contributed by atoms with Gasteiger partial charge in [0.15, 0.2) is 0 Å². The van der Waals surface area contributed by atoms with Gasteiger partial charge in [-0.1, -0.05) is 24.6 Å². The van der Waals surface area contributed by atoms with Gasteiger partial charge in [-0.25, -0.2) is 8.42 Å². The number of ether oxygens (including phenoxy) is 2. The Balaban J connectivity index is 1.56. The summed E-state index contributed by atoms with van der Waals surface area (Å²) in [6.45, 7) is 0.976. The molecule has 2 aromatic rings. The van der Waals surface area contributed by atoms with Gasteiger partial charge < -0.3 is 20.1 Å². The van der Waals surface area contributed by atoms with E-state index in [4.69, 9.17) is 9.47 Å². The maximum Gasteiger partial charge on any atom is 0.416 e. The molecule has 0 saturated carbocycles. The summed E-state index contributed by atoms with van der Waals surface area (Å²) in [6.07, 6.45) is -2.18. The third-order valence-corrected chi connectivity index (χ3v) is 9.23. The van der Waals surface area contributed by atoms with Crippen LogP contribution in [0.25, 0.3) is 0 Å². The smallest absolute Gasteiger partial charge is 0.416 e. The Morgan fingerprint density at radius 1 is 1.07 bits per heavy atom. The molecule has 4 rings (SSSR count). The van der Waals surface area contributed by atoms with Crippen LogP contribution in [-0.2, 0) is 36.9 Å². The minimum atomic E-state index is -4.73. The molecule has 2 aliphatic heterocycles. The molecule has 13 heteroatoms. The zero-order valence-corrected chi connectivity index (χ0v) is 23.5. The standard InChI is InChI=1S/C28H34F3N3O6S/c1-39-22-10-8-19(9-11-22)17-24(26(35)32-21-12-15-40-16-13-21)33-27(36)25-7-2-3-14-34(25)41(37,38)23-6-4-5-20(18-23)28(29,30)31/h4-6,8-11,18,21,24-25H,2-3,7,12-17H2,1H3,(H,32,35)(H,33,36)/t24-,25?/m0/s1. The number of halogens is 3. The molecule has 9 nitrogen and oxygen atoms in total. The molecule has 0 aliphatic carbocycles. The van der Waals surface area contributed by atoms with Crippen molar-refractivity contribution >= 4 is 21.8 Å². The van der Waals surface area contributed by atoms with Gasteiger partial charge in [0.2, 0.25) is 21.8 Å². The van der Waals surface area contributed by atoms with Gasteiger partial charge in [-0.3, -0.25) is 9.59 Å². The average Bonchev–Trinajstić information content (AvgIpc) is 2.97. The van der Waals surface area contributed by atoms with Crippen LogP contribution in [0.1, 0.15) is 43.2 Å². The second-order valence-corrected chi connectivity index (χ2v) is 12.1. The molecule has 0 radical (unpaired) electrons. The summed E-state index contributed by atoms with van der Waals surface area (Å²) >= 11 is 0. The summed E-state index contributed by atoms with van der Waals surface area (Å²) in [4.78, 5) is 26.4. The van der Waals surface area contributed by atoms with E-state index >= 15 is 0 Å². The predicted octanol–water partition coefficient (Wildman–Crippen LogP) is 3.28. The molecule has 2 fully saturated rings. The van der Waals surface area contributed by atoms with Crippen molar-refractivity contribution < 1.29 is 40.7 Å². The third-order valence-electron chi connectivity index (χ3n) is 7.32. The molecule has 2 atom stereocenters. The summed E-state index contributed by atoms with van der Waals surface area (Å²) in [5.74, 6) is -0.469. The molecule has 224 valence electrons. The summed E-state index contributed by atoms with van der Waals surface area (Å²) in [7, 11) is -2.91. The lowest BCUT2D eigenvalue weighted by Crippen LogP contribution is -2.57. The highest BCUT2D eigenvalue weighted by molar-refractivity contribution is 7.89. The number of carbonyl (C=O) groups is 2. The van der Waals surface area contributed by atoms with Crippen molar-refractivity contribution in [2.45, 2.75) is 67.7 Å². The second kappa shape index (κ2) is 13.2. The second-order valence-electron chi connectivity index (χ2n) is 10.2. The Labute approximate surface area is 237 Å². The number of rotatable bonds is 9. The molecule has 1 unspecified atom stereocenters. The number of hydrogen-bond acceptors (Lipinski definition) is 6. The third kappa shape index (κ3) is 7.77. The fourth-order valence-electron chi connectivity index (χ4n) is 5.04. The van der Waals surface area contributed by atoms with Crippen molar-refractivity contribution in [2.75, 3.05) is 26.9 Å². The number of sulfonamides is 1. The Hall–Kier alpha value is -3.16. The zero-order chi connectivity index (χ0) is 29.6. The highest BCUT2D eigenvalue weighted by Crippen LogP contribution is 2.32. The topological polar surface area (TPSA) is 114 Å². The van der Waals surface area contributed by atoms with Crippen LogP contribution in [-0.4, -0.2) is 69.5 Å². The Kier molecular flexibility index (Phi) is 9.92. The molecule has 0 aromatic heterocycles. The Bertz CT molecular complexity index is 1310.